The van der Waals surface area contributed by atoms with Crippen LogP contribution in [0.15, 0.2) is 37.2 Å². The van der Waals surface area contributed by atoms with E-state index in [4.69, 9.17) is 4.98 Å². The van der Waals surface area contributed by atoms with Gasteiger partial charge in [-0.2, -0.15) is 0 Å². The van der Waals surface area contributed by atoms with Gasteiger partial charge < -0.3 is 9.88 Å². The molecule has 146 valence electrons. The Morgan fingerprint density at radius 3 is 2.86 bits per heavy atom. The molecule has 1 N–H and O–H groups in total. The predicted octanol–water partition coefficient (Wildman–Crippen LogP) is 3.34. The third-order valence-electron chi connectivity index (χ3n) is 6.73. The Morgan fingerprint density at radius 2 is 2.11 bits per heavy atom. The van der Waals surface area contributed by atoms with Gasteiger partial charge in [-0.3, -0.25) is 9.69 Å². The van der Waals surface area contributed by atoms with E-state index >= 15 is 0 Å². The number of aromatic amines is 1. The van der Waals surface area contributed by atoms with Crippen LogP contribution < -0.4 is 0 Å². The van der Waals surface area contributed by atoms with Crippen molar-refractivity contribution in [2.75, 3.05) is 19.6 Å². The van der Waals surface area contributed by atoms with Crippen molar-refractivity contribution < 1.29 is 4.79 Å². The van der Waals surface area contributed by atoms with Gasteiger partial charge in [-0.25, -0.2) is 4.98 Å². The minimum Gasteiger partial charge on any atom is -0.348 e. The van der Waals surface area contributed by atoms with Gasteiger partial charge >= 0.3 is 0 Å². The highest BCUT2D eigenvalue weighted by molar-refractivity contribution is 5.82. The molecule has 0 unspecified atom stereocenters. The van der Waals surface area contributed by atoms with Crippen LogP contribution in [-0.2, 0) is 23.3 Å². The number of imidazole rings is 1. The van der Waals surface area contributed by atoms with E-state index < -0.39 is 0 Å². The van der Waals surface area contributed by atoms with E-state index in [0.29, 0.717) is 5.91 Å². The van der Waals surface area contributed by atoms with E-state index in [1.165, 1.54) is 16.8 Å². The summed E-state index contributed by atoms with van der Waals surface area (Å²) in [6.45, 7) is 7.62. The van der Waals surface area contributed by atoms with Crippen molar-refractivity contribution in [3.8, 4) is 0 Å². The maximum Gasteiger partial charge on any atom is 0.226 e. The maximum atomic E-state index is 13.1. The monoisotopic (exact) mass is 376 g/mol. The van der Waals surface area contributed by atoms with E-state index in [-0.39, 0.29) is 11.5 Å². The fraction of sp³-hybridized carbons (Fsp3) is 0.478. The summed E-state index contributed by atoms with van der Waals surface area (Å²) >= 11 is 0. The number of carbonyl (C=O) groups is 1. The first kappa shape index (κ1) is 17.7. The van der Waals surface area contributed by atoms with E-state index in [0.717, 1.165) is 64.0 Å². The summed E-state index contributed by atoms with van der Waals surface area (Å²) < 4.78 is 0. The molecule has 0 bridgehead atoms. The molecule has 2 aromatic rings. The lowest BCUT2D eigenvalue weighted by molar-refractivity contribution is -0.143. The second-order valence-corrected chi connectivity index (χ2v) is 8.50. The average Bonchev–Trinajstić information content (AvgIpc) is 3.47. The number of rotatable bonds is 4. The summed E-state index contributed by atoms with van der Waals surface area (Å²) in [4.78, 5) is 25.8. The van der Waals surface area contributed by atoms with Crippen LogP contribution in [0, 0.1) is 5.92 Å². The summed E-state index contributed by atoms with van der Waals surface area (Å²) in [7, 11) is 0. The van der Waals surface area contributed by atoms with Crippen molar-refractivity contribution >= 4 is 12.0 Å². The lowest BCUT2D eigenvalue weighted by atomic mass is 9.78. The fourth-order valence-corrected chi connectivity index (χ4v) is 5.01. The molecule has 1 amide bonds. The predicted molar refractivity (Wildman–Crippen MR) is 109 cm³/mol. The molecule has 1 aromatic carbocycles. The maximum absolute atomic E-state index is 13.1. The van der Waals surface area contributed by atoms with Crippen molar-refractivity contribution in [1.29, 1.82) is 0 Å². The molecular weight excluding hydrogens is 348 g/mol. The highest BCUT2D eigenvalue weighted by Crippen LogP contribution is 2.45. The second kappa shape index (κ2) is 6.89. The minimum absolute atomic E-state index is 0.216. The second-order valence-electron chi connectivity index (χ2n) is 8.50. The number of aromatic nitrogens is 2. The summed E-state index contributed by atoms with van der Waals surface area (Å²) in [5.41, 5.74) is 4.63. The Kier molecular flexibility index (Phi) is 4.35. The lowest BCUT2D eigenvalue weighted by Crippen LogP contribution is -2.58. The van der Waals surface area contributed by atoms with Gasteiger partial charge in [-0.05, 0) is 36.8 Å². The molecule has 0 radical (unpaired) electrons. The zero-order valence-electron chi connectivity index (χ0n) is 16.4. The first-order valence-electron chi connectivity index (χ1n) is 10.5. The Hall–Kier alpha value is -2.40. The molecular formula is C23H28N4O. The number of H-pyrrole nitrogens is 1. The summed E-state index contributed by atoms with van der Waals surface area (Å²) in [6.07, 6.45) is 8.65. The molecule has 1 saturated carbocycles. The van der Waals surface area contributed by atoms with Crippen LogP contribution in [0.25, 0.3) is 6.08 Å². The SMILES string of the molecule is C=Cc1cccc(CN2CCC3(CC2)c2nc[nH]c2CCN3C(=O)C2CC2)c1. The van der Waals surface area contributed by atoms with Gasteiger partial charge in [-0.15, -0.1) is 0 Å². The topological polar surface area (TPSA) is 52.2 Å². The molecule has 2 fully saturated rings. The van der Waals surface area contributed by atoms with Crippen LogP contribution in [0.4, 0.5) is 0 Å². The number of carbonyl (C=O) groups excluding carboxylic acids is 1. The molecule has 5 heteroatoms. The third kappa shape index (κ3) is 2.98. The Labute approximate surface area is 166 Å². The molecule has 0 atom stereocenters. The molecule has 1 aliphatic carbocycles. The van der Waals surface area contributed by atoms with Crippen LogP contribution in [0.1, 0.15) is 48.2 Å². The van der Waals surface area contributed by atoms with Gasteiger partial charge in [0, 0.05) is 44.2 Å². The number of piperidine rings is 1. The highest BCUT2D eigenvalue weighted by Gasteiger charge is 2.50. The van der Waals surface area contributed by atoms with E-state index in [9.17, 15) is 4.79 Å². The summed E-state index contributed by atoms with van der Waals surface area (Å²) in [6, 6.07) is 8.59. The summed E-state index contributed by atoms with van der Waals surface area (Å²) in [5, 5.41) is 0. The average molecular weight is 377 g/mol. The Bertz CT molecular complexity index is 890. The zero-order chi connectivity index (χ0) is 19.1. The van der Waals surface area contributed by atoms with E-state index in [1.54, 1.807) is 0 Å². The largest absolute Gasteiger partial charge is 0.348 e. The normalized spacial score (nSPS) is 21.5. The number of nitrogens with one attached hydrogen (secondary N) is 1. The van der Waals surface area contributed by atoms with Gasteiger partial charge in [0.15, 0.2) is 0 Å². The molecule has 2 aliphatic heterocycles. The first-order valence-corrected chi connectivity index (χ1v) is 10.5. The smallest absolute Gasteiger partial charge is 0.226 e. The van der Waals surface area contributed by atoms with Gasteiger partial charge in [0.25, 0.3) is 0 Å². The molecule has 5 nitrogen and oxygen atoms in total. The molecule has 1 saturated heterocycles. The lowest BCUT2D eigenvalue weighted by Gasteiger charge is -2.50. The Balaban J connectivity index is 1.36. The molecule has 3 heterocycles. The first-order chi connectivity index (χ1) is 13.7. The van der Waals surface area contributed by atoms with Gasteiger partial charge in [0.1, 0.15) is 0 Å². The zero-order valence-corrected chi connectivity index (χ0v) is 16.4. The molecule has 1 aromatic heterocycles. The van der Waals surface area contributed by atoms with Crippen LogP contribution in [0.2, 0.25) is 0 Å². The van der Waals surface area contributed by atoms with Crippen LogP contribution in [-0.4, -0.2) is 45.3 Å². The van der Waals surface area contributed by atoms with Gasteiger partial charge in [0.05, 0.1) is 17.6 Å². The number of nitrogens with zero attached hydrogens (tertiary/aromatic N) is 3. The molecule has 3 aliphatic rings. The molecule has 28 heavy (non-hydrogen) atoms. The number of fused-ring (bicyclic) bond motifs is 2. The summed E-state index contributed by atoms with van der Waals surface area (Å²) in [5.74, 6) is 0.623. The number of likely N-dealkylation sites (tertiary alicyclic amines) is 1. The van der Waals surface area contributed by atoms with E-state index in [2.05, 4.69) is 45.6 Å². The fourth-order valence-electron chi connectivity index (χ4n) is 5.01. The van der Waals surface area contributed by atoms with Crippen LogP contribution in [0.3, 0.4) is 0 Å². The Morgan fingerprint density at radius 1 is 1.29 bits per heavy atom. The highest BCUT2D eigenvalue weighted by atomic mass is 16.2. The minimum atomic E-state index is -0.216. The molecule has 5 rings (SSSR count). The van der Waals surface area contributed by atoms with Gasteiger partial charge in [-0.1, -0.05) is 36.9 Å². The number of amides is 1. The van der Waals surface area contributed by atoms with Crippen LogP contribution >= 0.6 is 0 Å². The van der Waals surface area contributed by atoms with Crippen molar-refractivity contribution in [3.63, 3.8) is 0 Å². The van der Waals surface area contributed by atoms with Crippen molar-refractivity contribution in [2.45, 2.75) is 44.2 Å². The van der Waals surface area contributed by atoms with Crippen molar-refractivity contribution in [3.05, 3.63) is 59.7 Å². The molecule has 1 spiro atoms. The van der Waals surface area contributed by atoms with Crippen molar-refractivity contribution in [2.24, 2.45) is 5.92 Å². The van der Waals surface area contributed by atoms with E-state index in [1.807, 2.05) is 12.4 Å². The third-order valence-corrected chi connectivity index (χ3v) is 6.73. The van der Waals surface area contributed by atoms with Crippen molar-refractivity contribution in [1.82, 2.24) is 19.8 Å². The number of benzene rings is 1. The van der Waals surface area contributed by atoms with Gasteiger partial charge in [0.2, 0.25) is 5.91 Å². The number of hydrogen-bond acceptors (Lipinski definition) is 3. The quantitative estimate of drug-likeness (QED) is 0.890. The standard InChI is InChI=1S/C23H28N4O/c1-2-17-4-3-5-18(14-17)15-26-12-9-23(10-13-26)21-20(24-16-25-21)8-11-27(23)22(28)19-6-7-19/h2-5,14,16,19H,1,6-13,15H2,(H,24,25). The number of hydrogen-bond donors (Lipinski definition) is 1. The van der Waals surface area contributed by atoms with Crippen LogP contribution in [0.5, 0.6) is 0 Å².